The molecular weight excluding hydrogens is 256 g/mol. The first-order valence-electron chi connectivity index (χ1n) is 6.86. The molecule has 1 aromatic rings. The lowest BCUT2D eigenvalue weighted by Crippen LogP contribution is -2.38. The van der Waals surface area contributed by atoms with Crippen LogP contribution in [0.3, 0.4) is 0 Å². The second kappa shape index (κ2) is 8.32. The molecule has 5 heteroatoms. The Hall–Kier alpha value is -1.88. The molecule has 5 nitrogen and oxygen atoms in total. The molecule has 0 saturated heterocycles. The maximum Gasteiger partial charge on any atom is 0.313 e. The highest BCUT2D eigenvalue weighted by molar-refractivity contribution is 6.39. The van der Waals surface area contributed by atoms with Crippen LogP contribution in [0.15, 0.2) is 24.3 Å². The average molecular weight is 278 g/mol. The van der Waals surface area contributed by atoms with E-state index in [4.69, 9.17) is 5.11 Å². The van der Waals surface area contributed by atoms with Gasteiger partial charge in [0.05, 0.1) is 0 Å². The summed E-state index contributed by atoms with van der Waals surface area (Å²) in [6.07, 6.45) is 1.81. The molecule has 2 amide bonds. The van der Waals surface area contributed by atoms with Crippen molar-refractivity contribution in [2.45, 2.75) is 26.7 Å². The summed E-state index contributed by atoms with van der Waals surface area (Å²) in [5.41, 5.74) is 1.68. The van der Waals surface area contributed by atoms with E-state index >= 15 is 0 Å². The van der Waals surface area contributed by atoms with Gasteiger partial charge in [0.1, 0.15) is 0 Å². The maximum atomic E-state index is 11.8. The lowest BCUT2D eigenvalue weighted by atomic mass is 10.1. The quantitative estimate of drug-likeness (QED) is 0.687. The van der Waals surface area contributed by atoms with Crippen molar-refractivity contribution in [3.8, 4) is 0 Å². The monoisotopic (exact) mass is 278 g/mol. The van der Waals surface area contributed by atoms with Gasteiger partial charge in [-0.15, -0.1) is 0 Å². The summed E-state index contributed by atoms with van der Waals surface area (Å²) in [5, 5.41) is 14.0. The van der Waals surface area contributed by atoms with Gasteiger partial charge in [-0.2, -0.15) is 0 Å². The predicted octanol–water partition coefficient (Wildman–Crippen LogP) is 1.32. The van der Waals surface area contributed by atoms with Crippen molar-refractivity contribution in [1.29, 1.82) is 0 Å². The zero-order chi connectivity index (χ0) is 15.0. The van der Waals surface area contributed by atoms with E-state index in [1.54, 1.807) is 13.0 Å². The first-order chi connectivity index (χ1) is 9.58. The second-order valence-corrected chi connectivity index (χ2v) is 4.86. The molecule has 0 bridgehead atoms. The highest BCUT2D eigenvalue weighted by atomic mass is 16.3. The van der Waals surface area contributed by atoms with Crippen molar-refractivity contribution < 1.29 is 14.7 Å². The first-order valence-corrected chi connectivity index (χ1v) is 6.86. The molecule has 0 aliphatic rings. The van der Waals surface area contributed by atoms with Crippen molar-refractivity contribution in [3.63, 3.8) is 0 Å². The van der Waals surface area contributed by atoms with Crippen LogP contribution in [-0.4, -0.2) is 30.1 Å². The number of aliphatic hydroxyl groups is 1. The van der Waals surface area contributed by atoms with Gasteiger partial charge in [-0.1, -0.05) is 38.5 Å². The molecule has 20 heavy (non-hydrogen) atoms. The minimum Gasteiger partial charge on any atom is -0.396 e. The molecular formula is C15H22N2O3. The number of nitrogens with one attached hydrogen (secondary N) is 2. The summed E-state index contributed by atoms with van der Waals surface area (Å²) in [4.78, 5) is 23.4. The number of para-hydroxylation sites is 1. The molecule has 0 fully saturated rings. The number of hydrogen-bond acceptors (Lipinski definition) is 3. The van der Waals surface area contributed by atoms with Crippen molar-refractivity contribution in [2.24, 2.45) is 5.92 Å². The molecule has 0 saturated carbocycles. The van der Waals surface area contributed by atoms with Gasteiger partial charge in [-0.3, -0.25) is 9.59 Å². The largest absolute Gasteiger partial charge is 0.396 e. The van der Waals surface area contributed by atoms with Crippen LogP contribution in [0.5, 0.6) is 0 Å². The van der Waals surface area contributed by atoms with Gasteiger partial charge in [0.2, 0.25) is 0 Å². The minimum atomic E-state index is -0.684. The third-order valence-corrected chi connectivity index (χ3v) is 2.91. The van der Waals surface area contributed by atoms with E-state index in [0.29, 0.717) is 5.69 Å². The SMILES string of the molecule is CCCc1ccccc1NC(=O)C(=O)NCC(C)CO. The Kier molecular flexibility index (Phi) is 6.73. The number of rotatable bonds is 6. The summed E-state index contributed by atoms with van der Waals surface area (Å²) < 4.78 is 0. The summed E-state index contributed by atoms with van der Waals surface area (Å²) in [6.45, 7) is 4.09. The van der Waals surface area contributed by atoms with Crippen LogP contribution in [0, 0.1) is 5.92 Å². The topological polar surface area (TPSA) is 78.4 Å². The number of benzene rings is 1. The fourth-order valence-electron chi connectivity index (χ4n) is 1.72. The number of hydrogen-bond donors (Lipinski definition) is 3. The lowest BCUT2D eigenvalue weighted by molar-refractivity contribution is -0.136. The van der Waals surface area contributed by atoms with E-state index in [1.165, 1.54) is 0 Å². The standard InChI is InChI=1S/C15H22N2O3/c1-3-6-12-7-4-5-8-13(12)17-15(20)14(19)16-9-11(2)10-18/h4-5,7-8,11,18H,3,6,9-10H2,1-2H3,(H,16,19)(H,17,20). The van der Waals surface area contributed by atoms with Crippen molar-refractivity contribution >= 4 is 17.5 Å². The Morgan fingerprint density at radius 3 is 2.60 bits per heavy atom. The smallest absolute Gasteiger partial charge is 0.313 e. The van der Waals surface area contributed by atoms with Gasteiger partial charge in [-0.05, 0) is 24.0 Å². The Morgan fingerprint density at radius 2 is 1.95 bits per heavy atom. The predicted molar refractivity (Wildman–Crippen MR) is 78.3 cm³/mol. The van der Waals surface area contributed by atoms with Gasteiger partial charge in [0, 0.05) is 18.8 Å². The summed E-state index contributed by atoms with van der Waals surface area (Å²) >= 11 is 0. The fourth-order valence-corrected chi connectivity index (χ4v) is 1.72. The van der Waals surface area contributed by atoms with Crippen LogP contribution in [0.2, 0.25) is 0 Å². The zero-order valence-electron chi connectivity index (χ0n) is 12.0. The average Bonchev–Trinajstić information content (AvgIpc) is 2.46. The number of carbonyl (C=O) groups is 2. The van der Waals surface area contributed by atoms with Crippen LogP contribution in [0.1, 0.15) is 25.8 Å². The van der Waals surface area contributed by atoms with Gasteiger partial charge in [0.15, 0.2) is 0 Å². The molecule has 0 spiro atoms. The molecule has 1 rings (SSSR count). The second-order valence-electron chi connectivity index (χ2n) is 4.86. The summed E-state index contributed by atoms with van der Waals surface area (Å²) in [7, 11) is 0. The Bertz CT molecular complexity index is 460. The van der Waals surface area contributed by atoms with Gasteiger partial charge < -0.3 is 15.7 Å². The van der Waals surface area contributed by atoms with E-state index in [-0.39, 0.29) is 19.1 Å². The fraction of sp³-hybridized carbons (Fsp3) is 0.467. The Morgan fingerprint density at radius 1 is 1.25 bits per heavy atom. The van der Waals surface area contributed by atoms with Gasteiger partial charge >= 0.3 is 11.8 Å². The number of aliphatic hydroxyl groups excluding tert-OH is 1. The molecule has 1 aromatic carbocycles. The van der Waals surface area contributed by atoms with Crippen LogP contribution in [0.4, 0.5) is 5.69 Å². The van der Waals surface area contributed by atoms with Crippen LogP contribution in [-0.2, 0) is 16.0 Å². The van der Waals surface area contributed by atoms with Gasteiger partial charge in [0.25, 0.3) is 0 Å². The number of aryl methyl sites for hydroxylation is 1. The van der Waals surface area contributed by atoms with E-state index in [2.05, 4.69) is 17.6 Å². The molecule has 0 aromatic heterocycles. The van der Waals surface area contributed by atoms with E-state index < -0.39 is 11.8 Å². The van der Waals surface area contributed by atoms with Crippen LogP contribution >= 0.6 is 0 Å². The molecule has 0 heterocycles. The minimum absolute atomic E-state index is 0.0266. The van der Waals surface area contributed by atoms with Crippen molar-refractivity contribution in [2.75, 3.05) is 18.5 Å². The summed E-state index contributed by atoms with van der Waals surface area (Å²) in [6, 6.07) is 7.45. The van der Waals surface area contributed by atoms with E-state index in [0.717, 1.165) is 18.4 Å². The lowest BCUT2D eigenvalue weighted by Gasteiger charge is -2.12. The van der Waals surface area contributed by atoms with E-state index in [9.17, 15) is 9.59 Å². The molecule has 1 atom stereocenters. The third kappa shape index (κ3) is 5.01. The molecule has 0 aliphatic carbocycles. The third-order valence-electron chi connectivity index (χ3n) is 2.91. The Balaban J connectivity index is 2.59. The summed E-state index contributed by atoms with van der Waals surface area (Å²) in [5.74, 6) is -1.44. The normalized spacial score (nSPS) is 11.8. The first kappa shape index (κ1) is 16.2. The molecule has 0 radical (unpaired) electrons. The number of anilines is 1. The zero-order valence-corrected chi connectivity index (χ0v) is 12.0. The van der Waals surface area contributed by atoms with Crippen LogP contribution in [0.25, 0.3) is 0 Å². The molecule has 0 aliphatic heterocycles. The van der Waals surface area contributed by atoms with E-state index in [1.807, 2.05) is 18.2 Å². The molecule has 110 valence electrons. The highest BCUT2D eigenvalue weighted by Crippen LogP contribution is 2.16. The van der Waals surface area contributed by atoms with Gasteiger partial charge in [-0.25, -0.2) is 0 Å². The number of amides is 2. The maximum absolute atomic E-state index is 11.8. The molecule has 3 N–H and O–H groups in total. The van der Waals surface area contributed by atoms with Crippen LogP contribution < -0.4 is 10.6 Å². The van der Waals surface area contributed by atoms with Crippen molar-refractivity contribution in [1.82, 2.24) is 5.32 Å². The molecule has 1 unspecified atom stereocenters. The highest BCUT2D eigenvalue weighted by Gasteiger charge is 2.15. The number of carbonyl (C=O) groups excluding carboxylic acids is 2. The van der Waals surface area contributed by atoms with Crippen molar-refractivity contribution in [3.05, 3.63) is 29.8 Å². The Labute approximate surface area is 119 Å².